The summed E-state index contributed by atoms with van der Waals surface area (Å²) in [4.78, 5) is 0. The van der Waals surface area contributed by atoms with Gasteiger partial charge in [0.15, 0.2) is 0 Å². The Hall–Kier alpha value is -0.960. The van der Waals surface area contributed by atoms with E-state index >= 15 is 0 Å². The van der Waals surface area contributed by atoms with Crippen LogP contribution in [0.1, 0.15) is 44.4 Å². The zero-order valence-corrected chi connectivity index (χ0v) is 11.0. The molecule has 2 unspecified atom stereocenters. The molecule has 0 saturated heterocycles. The highest BCUT2D eigenvalue weighted by Crippen LogP contribution is 2.28. The van der Waals surface area contributed by atoms with Crippen molar-refractivity contribution in [2.75, 3.05) is 6.54 Å². The van der Waals surface area contributed by atoms with Crippen LogP contribution in [0.3, 0.4) is 0 Å². The average molecular weight is 241 g/mol. The highest BCUT2D eigenvalue weighted by atomic mass is 19.1. The lowest BCUT2D eigenvalue weighted by atomic mass is 9.91. The molecule has 3 heteroatoms. The predicted molar refractivity (Wildman–Crippen MR) is 67.0 cm³/mol. The van der Waals surface area contributed by atoms with Crippen molar-refractivity contribution in [3.8, 4) is 0 Å². The van der Waals surface area contributed by atoms with Crippen molar-refractivity contribution in [3.63, 3.8) is 0 Å². The van der Waals surface area contributed by atoms with E-state index in [0.717, 1.165) is 19.0 Å². The number of rotatable bonds is 5. The molecule has 1 N–H and O–H groups in total. The van der Waals surface area contributed by atoms with E-state index < -0.39 is 11.6 Å². The second kappa shape index (κ2) is 6.10. The molecular weight excluding hydrogens is 220 g/mol. The van der Waals surface area contributed by atoms with Gasteiger partial charge in [-0.1, -0.05) is 27.2 Å². The van der Waals surface area contributed by atoms with Gasteiger partial charge < -0.3 is 5.32 Å². The van der Waals surface area contributed by atoms with Crippen molar-refractivity contribution >= 4 is 0 Å². The van der Waals surface area contributed by atoms with Crippen molar-refractivity contribution in [1.29, 1.82) is 0 Å². The average Bonchev–Trinajstić information content (AvgIpc) is 2.30. The number of aryl methyl sites for hydroxylation is 1. The van der Waals surface area contributed by atoms with Gasteiger partial charge in [0.1, 0.15) is 11.6 Å². The van der Waals surface area contributed by atoms with Crippen LogP contribution in [-0.2, 0) is 0 Å². The summed E-state index contributed by atoms with van der Waals surface area (Å²) in [5, 5.41) is 3.27. The Morgan fingerprint density at radius 2 is 1.82 bits per heavy atom. The smallest absolute Gasteiger partial charge is 0.130 e. The minimum Gasteiger partial charge on any atom is -0.310 e. The van der Waals surface area contributed by atoms with Crippen molar-refractivity contribution in [1.82, 2.24) is 5.32 Å². The largest absolute Gasteiger partial charge is 0.310 e. The maximum atomic E-state index is 13.8. The summed E-state index contributed by atoms with van der Waals surface area (Å²) in [6, 6.07) is 2.55. The Balaban J connectivity index is 3.13. The van der Waals surface area contributed by atoms with Crippen LogP contribution in [0.4, 0.5) is 8.78 Å². The van der Waals surface area contributed by atoms with E-state index in [4.69, 9.17) is 0 Å². The first kappa shape index (κ1) is 14.1. The molecule has 17 heavy (non-hydrogen) atoms. The van der Waals surface area contributed by atoms with Crippen LogP contribution >= 0.6 is 0 Å². The van der Waals surface area contributed by atoms with Gasteiger partial charge in [-0.3, -0.25) is 0 Å². The first-order chi connectivity index (χ1) is 8.01. The summed E-state index contributed by atoms with van der Waals surface area (Å²) in [7, 11) is 0. The number of hydrogen-bond donors (Lipinski definition) is 1. The molecule has 0 bridgehead atoms. The second-order valence-corrected chi connectivity index (χ2v) is 4.54. The monoisotopic (exact) mass is 241 g/mol. The Bertz CT molecular complexity index is 377. The van der Waals surface area contributed by atoms with Crippen LogP contribution < -0.4 is 5.32 Å². The summed E-state index contributed by atoms with van der Waals surface area (Å²) < 4.78 is 27.1. The van der Waals surface area contributed by atoms with Crippen LogP contribution in [0, 0.1) is 24.5 Å². The highest BCUT2D eigenvalue weighted by Gasteiger charge is 2.21. The zero-order valence-electron chi connectivity index (χ0n) is 11.0. The quantitative estimate of drug-likeness (QED) is 0.822. The molecule has 0 heterocycles. The fourth-order valence-electron chi connectivity index (χ4n) is 1.99. The van der Waals surface area contributed by atoms with Gasteiger partial charge in [-0.05, 0) is 31.0 Å². The van der Waals surface area contributed by atoms with Crippen molar-refractivity contribution < 1.29 is 8.78 Å². The third-order valence-electron chi connectivity index (χ3n) is 3.25. The molecule has 0 aliphatic heterocycles. The van der Waals surface area contributed by atoms with Gasteiger partial charge in [0.25, 0.3) is 0 Å². The first-order valence-electron chi connectivity index (χ1n) is 6.20. The standard InChI is InChI=1S/C14H21F2N/c1-5-9(3)14(17-6-2)11-7-10(4)12(15)8-13(11)16/h7-9,14,17H,5-6H2,1-4H3. The second-order valence-electron chi connectivity index (χ2n) is 4.54. The number of halogens is 2. The zero-order chi connectivity index (χ0) is 13.0. The summed E-state index contributed by atoms with van der Waals surface area (Å²) in [5.74, 6) is -0.626. The summed E-state index contributed by atoms with van der Waals surface area (Å²) in [5.41, 5.74) is 1.06. The van der Waals surface area contributed by atoms with Crippen LogP contribution in [0.15, 0.2) is 12.1 Å². The summed E-state index contributed by atoms with van der Waals surface area (Å²) in [6.07, 6.45) is 0.952. The highest BCUT2D eigenvalue weighted by molar-refractivity contribution is 5.28. The van der Waals surface area contributed by atoms with Gasteiger partial charge in [-0.2, -0.15) is 0 Å². The first-order valence-corrected chi connectivity index (χ1v) is 6.20. The van der Waals surface area contributed by atoms with Gasteiger partial charge in [0, 0.05) is 17.7 Å². The molecule has 1 aromatic rings. The van der Waals surface area contributed by atoms with E-state index in [2.05, 4.69) is 19.2 Å². The molecule has 2 atom stereocenters. The molecule has 0 radical (unpaired) electrons. The maximum Gasteiger partial charge on any atom is 0.130 e. The van der Waals surface area contributed by atoms with E-state index in [1.807, 2.05) is 6.92 Å². The molecule has 1 nitrogen and oxygen atoms in total. The van der Waals surface area contributed by atoms with Gasteiger partial charge >= 0.3 is 0 Å². The lowest BCUT2D eigenvalue weighted by molar-refractivity contribution is 0.370. The van der Waals surface area contributed by atoms with Crippen molar-refractivity contribution in [2.45, 2.75) is 40.2 Å². The maximum absolute atomic E-state index is 13.8. The Labute approximate surface area is 102 Å². The van der Waals surface area contributed by atoms with E-state index in [-0.39, 0.29) is 6.04 Å². The Morgan fingerprint density at radius 1 is 1.18 bits per heavy atom. The molecule has 0 fully saturated rings. The lowest BCUT2D eigenvalue weighted by Gasteiger charge is -2.25. The summed E-state index contributed by atoms with van der Waals surface area (Å²) >= 11 is 0. The lowest BCUT2D eigenvalue weighted by Crippen LogP contribution is -2.27. The number of nitrogens with one attached hydrogen (secondary N) is 1. The molecule has 1 aromatic carbocycles. The fraction of sp³-hybridized carbons (Fsp3) is 0.571. The van der Waals surface area contributed by atoms with Gasteiger partial charge in [0.2, 0.25) is 0 Å². The normalized spacial score (nSPS) is 14.7. The molecule has 0 spiro atoms. The van der Waals surface area contributed by atoms with Crippen LogP contribution in [0.5, 0.6) is 0 Å². The topological polar surface area (TPSA) is 12.0 Å². The molecular formula is C14H21F2N. The minimum atomic E-state index is -0.481. The van der Waals surface area contributed by atoms with Crippen molar-refractivity contribution in [2.24, 2.45) is 5.92 Å². The molecule has 0 saturated carbocycles. The van der Waals surface area contributed by atoms with Gasteiger partial charge in [-0.25, -0.2) is 8.78 Å². The third-order valence-corrected chi connectivity index (χ3v) is 3.25. The molecule has 0 aliphatic carbocycles. The van der Waals surface area contributed by atoms with Gasteiger partial charge in [-0.15, -0.1) is 0 Å². The predicted octanol–water partition coefficient (Wildman–Crippen LogP) is 3.97. The molecule has 96 valence electrons. The summed E-state index contributed by atoms with van der Waals surface area (Å²) in [6.45, 7) is 8.57. The fourth-order valence-corrected chi connectivity index (χ4v) is 1.99. The number of hydrogen-bond acceptors (Lipinski definition) is 1. The SMILES string of the molecule is CCNC(c1cc(C)c(F)cc1F)C(C)CC. The van der Waals surface area contributed by atoms with E-state index in [9.17, 15) is 8.78 Å². The third kappa shape index (κ3) is 3.25. The molecule has 0 amide bonds. The van der Waals surface area contributed by atoms with E-state index in [1.165, 1.54) is 0 Å². The molecule has 0 aliphatic rings. The van der Waals surface area contributed by atoms with Gasteiger partial charge in [0.05, 0.1) is 0 Å². The molecule has 0 aromatic heterocycles. The van der Waals surface area contributed by atoms with E-state index in [0.29, 0.717) is 17.0 Å². The van der Waals surface area contributed by atoms with E-state index in [1.54, 1.807) is 13.0 Å². The van der Waals surface area contributed by atoms with Crippen LogP contribution in [0.25, 0.3) is 0 Å². The minimum absolute atomic E-state index is 0.0516. The number of benzene rings is 1. The van der Waals surface area contributed by atoms with Crippen LogP contribution in [0.2, 0.25) is 0 Å². The van der Waals surface area contributed by atoms with Crippen molar-refractivity contribution in [3.05, 3.63) is 34.9 Å². The Kier molecular flexibility index (Phi) is 5.06. The Morgan fingerprint density at radius 3 is 2.35 bits per heavy atom. The van der Waals surface area contributed by atoms with Crippen LogP contribution in [-0.4, -0.2) is 6.54 Å². The molecule has 1 rings (SSSR count).